The standard InChI is InChI=1S/C18H22N2/c1-5-19-17-10-14(3)12-20-18(17)15(4)11-16-8-6-7-13(2)9-16/h5-10,20H,4,11-12H2,1-3H3/b19-5-. The van der Waals surface area contributed by atoms with Gasteiger partial charge in [-0.2, -0.15) is 0 Å². The van der Waals surface area contributed by atoms with E-state index in [1.54, 1.807) is 0 Å². The number of allylic oxidation sites excluding steroid dienone is 2. The van der Waals surface area contributed by atoms with Crippen LogP contribution in [0.25, 0.3) is 0 Å². The summed E-state index contributed by atoms with van der Waals surface area (Å²) in [4.78, 5) is 4.45. The van der Waals surface area contributed by atoms with Crippen molar-refractivity contribution >= 4 is 6.21 Å². The van der Waals surface area contributed by atoms with Gasteiger partial charge in [0.1, 0.15) is 0 Å². The average molecular weight is 266 g/mol. The normalized spacial score (nSPS) is 15.2. The van der Waals surface area contributed by atoms with Gasteiger partial charge in [0, 0.05) is 12.8 Å². The quantitative estimate of drug-likeness (QED) is 0.820. The number of hydrogen-bond donors (Lipinski definition) is 1. The SMILES string of the molecule is C=C(Cc1cccc(C)c1)C1=C(/N=C\C)C=C(C)CN1. The molecule has 0 aromatic heterocycles. The molecule has 1 aliphatic heterocycles. The summed E-state index contributed by atoms with van der Waals surface area (Å²) in [6.07, 6.45) is 4.80. The Morgan fingerprint density at radius 3 is 2.90 bits per heavy atom. The first-order chi connectivity index (χ1) is 9.60. The van der Waals surface area contributed by atoms with Crippen molar-refractivity contribution in [1.82, 2.24) is 5.32 Å². The molecule has 2 rings (SSSR count). The zero-order valence-corrected chi connectivity index (χ0v) is 12.5. The average Bonchev–Trinajstić information content (AvgIpc) is 2.39. The second-order valence-corrected chi connectivity index (χ2v) is 5.26. The third-order valence-electron chi connectivity index (χ3n) is 3.30. The Labute approximate surface area is 121 Å². The lowest BCUT2D eigenvalue weighted by molar-refractivity contribution is 0.831. The summed E-state index contributed by atoms with van der Waals surface area (Å²) < 4.78 is 0. The lowest BCUT2D eigenvalue weighted by atomic mass is 9.99. The molecule has 1 aliphatic rings. The third-order valence-corrected chi connectivity index (χ3v) is 3.30. The summed E-state index contributed by atoms with van der Waals surface area (Å²) in [5.41, 5.74) is 6.99. The van der Waals surface area contributed by atoms with Crippen LogP contribution in [0.1, 0.15) is 25.0 Å². The van der Waals surface area contributed by atoms with Gasteiger partial charge in [-0.25, -0.2) is 0 Å². The van der Waals surface area contributed by atoms with Gasteiger partial charge in [0.2, 0.25) is 0 Å². The van der Waals surface area contributed by atoms with Crippen LogP contribution in [0, 0.1) is 6.92 Å². The van der Waals surface area contributed by atoms with E-state index in [2.05, 4.69) is 61.1 Å². The van der Waals surface area contributed by atoms with Crippen molar-refractivity contribution in [2.75, 3.05) is 6.54 Å². The van der Waals surface area contributed by atoms with Gasteiger partial charge in [-0.3, -0.25) is 4.99 Å². The van der Waals surface area contributed by atoms with Crippen molar-refractivity contribution in [2.45, 2.75) is 27.2 Å². The zero-order valence-electron chi connectivity index (χ0n) is 12.5. The first-order valence-corrected chi connectivity index (χ1v) is 6.98. The Morgan fingerprint density at radius 1 is 1.40 bits per heavy atom. The number of dihydropyridines is 1. The molecule has 0 saturated carbocycles. The van der Waals surface area contributed by atoms with E-state index in [9.17, 15) is 0 Å². The van der Waals surface area contributed by atoms with E-state index >= 15 is 0 Å². The fourth-order valence-electron chi connectivity index (χ4n) is 2.38. The van der Waals surface area contributed by atoms with Crippen molar-refractivity contribution in [3.8, 4) is 0 Å². The molecule has 1 aromatic rings. The van der Waals surface area contributed by atoms with E-state index in [0.717, 1.165) is 29.9 Å². The molecule has 0 unspecified atom stereocenters. The largest absolute Gasteiger partial charge is 0.379 e. The van der Waals surface area contributed by atoms with Gasteiger partial charge in [0.15, 0.2) is 0 Å². The molecule has 0 saturated heterocycles. The van der Waals surface area contributed by atoms with Crippen LogP contribution in [0.3, 0.4) is 0 Å². The molecule has 1 aromatic carbocycles. The van der Waals surface area contributed by atoms with Gasteiger partial charge in [0.05, 0.1) is 11.4 Å². The summed E-state index contributed by atoms with van der Waals surface area (Å²) in [5, 5.41) is 3.44. The second-order valence-electron chi connectivity index (χ2n) is 5.26. The fourth-order valence-corrected chi connectivity index (χ4v) is 2.38. The van der Waals surface area contributed by atoms with Crippen molar-refractivity contribution in [3.05, 3.63) is 70.6 Å². The van der Waals surface area contributed by atoms with E-state index < -0.39 is 0 Å². The Kier molecular flexibility index (Phi) is 4.57. The number of hydrogen-bond acceptors (Lipinski definition) is 2. The molecule has 0 fully saturated rings. The maximum atomic E-state index is 4.45. The van der Waals surface area contributed by atoms with Crippen molar-refractivity contribution < 1.29 is 0 Å². The van der Waals surface area contributed by atoms with E-state index in [1.165, 1.54) is 16.7 Å². The molecule has 0 amide bonds. The molecule has 0 radical (unpaired) electrons. The lowest BCUT2D eigenvalue weighted by Crippen LogP contribution is -2.22. The Morgan fingerprint density at radius 2 is 2.20 bits per heavy atom. The first-order valence-electron chi connectivity index (χ1n) is 6.98. The Bertz CT molecular complexity index is 604. The highest BCUT2D eigenvalue weighted by atomic mass is 14.9. The fraction of sp³-hybridized carbons (Fsp3) is 0.278. The van der Waals surface area contributed by atoms with Crippen LogP contribution >= 0.6 is 0 Å². The highest BCUT2D eigenvalue weighted by Gasteiger charge is 2.13. The number of aliphatic imine (C=N–C) groups is 1. The lowest BCUT2D eigenvalue weighted by Gasteiger charge is -2.20. The van der Waals surface area contributed by atoms with E-state index in [4.69, 9.17) is 0 Å². The molecular weight excluding hydrogens is 244 g/mol. The molecule has 20 heavy (non-hydrogen) atoms. The molecule has 0 bridgehead atoms. The van der Waals surface area contributed by atoms with Crippen LogP contribution in [-0.2, 0) is 6.42 Å². The topological polar surface area (TPSA) is 24.4 Å². The monoisotopic (exact) mass is 266 g/mol. The van der Waals surface area contributed by atoms with Crippen molar-refractivity contribution in [3.63, 3.8) is 0 Å². The molecule has 2 nitrogen and oxygen atoms in total. The second kappa shape index (κ2) is 6.38. The van der Waals surface area contributed by atoms with Crippen LogP contribution in [0.15, 0.2) is 64.5 Å². The van der Waals surface area contributed by atoms with Gasteiger partial charge in [-0.1, -0.05) is 42.0 Å². The molecule has 1 N–H and O–H groups in total. The van der Waals surface area contributed by atoms with E-state index in [1.807, 2.05) is 13.1 Å². The molecule has 0 spiro atoms. The van der Waals surface area contributed by atoms with Crippen LogP contribution in [0.5, 0.6) is 0 Å². The molecular formula is C18H22N2. The zero-order chi connectivity index (χ0) is 14.5. The first kappa shape index (κ1) is 14.3. The Balaban J connectivity index is 2.25. The number of nitrogens with zero attached hydrogens (tertiary/aromatic N) is 1. The molecule has 2 heteroatoms. The van der Waals surface area contributed by atoms with E-state index in [0.29, 0.717) is 0 Å². The number of benzene rings is 1. The maximum Gasteiger partial charge on any atom is 0.0859 e. The number of aryl methyl sites for hydroxylation is 1. The highest BCUT2D eigenvalue weighted by molar-refractivity contribution is 5.58. The molecule has 0 aliphatic carbocycles. The van der Waals surface area contributed by atoms with Gasteiger partial charge in [-0.15, -0.1) is 0 Å². The van der Waals surface area contributed by atoms with Crippen LogP contribution in [0.4, 0.5) is 0 Å². The summed E-state index contributed by atoms with van der Waals surface area (Å²) >= 11 is 0. The molecule has 104 valence electrons. The van der Waals surface area contributed by atoms with Crippen LogP contribution in [-0.4, -0.2) is 12.8 Å². The predicted molar refractivity (Wildman–Crippen MR) is 87.0 cm³/mol. The van der Waals surface area contributed by atoms with Gasteiger partial charge in [0.25, 0.3) is 0 Å². The minimum atomic E-state index is 0.847. The van der Waals surface area contributed by atoms with Gasteiger partial charge >= 0.3 is 0 Å². The summed E-state index contributed by atoms with van der Waals surface area (Å²) in [6.45, 7) is 11.3. The summed E-state index contributed by atoms with van der Waals surface area (Å²) in [6, 6.07) is 8.56. The third kappa shape index (κ3) is 3.47. The van der Waals surface area contributed by atoms with E-state index in [-0.39, 0.29) is 0 Å². The predicted octanol–water partition coefficient (Wildman–Crippen LogP) is 3.95. The van der Waals surface area contributed by atoms with Gasteiger partial charge < -0.3 is 5.32 Å². The Hall–Kier alpha value is -2.09. The van der Waals surface area contributed by atoms with Gasteiger partial charge in [-0.05, 0) is 44.4 Å². The van der Waals surface area contributed by atoms with Crippen LogP contribution < -0.4 is 5.32 Å². The molecule has 1 heterocycles. The van der Waals surface area contributed by atoms with Crippen molar-refractivity contribution in [2.24, 2.45) is 4.99 Å². The number of nitrogens with one attached hydrogen (secondary N) is 1. The summed E-state index contributed by atoms with van der Waals surface area (Å²) in [5.74, 6) is 0. The summed E-state index contributed by atoms with van der Waals surface area (Å²) in [7, 11) is 0. The molecule has 0 atom stereocenters. The maximum absolute atomic E-state index is 4.45. The van der Waals surface area contributed by atoms with Crippen LogP contribution in [0.2, 0.25) is 0 Å². The minimum Gasteiger partial charge on any atom is -0.379 e. The minimum absolute atomic E-state index is 0.847. The van der Waals surface area contributed by atoms with Crippen molar-refractivity contribution in [1.29, 1.82) is 0 Å². The highest BCUT2D eigenvalue weighted by Crippen LogP contribution is 2.22. The smallest absolute Gasteiger partial charge is 0.0859 e. The number of rotatable bonds is 4.